The molecule has 0 saturated heterocycles. The summed E-state index contributed by atoms with van der Waals surface area (Å²) in [6, 6.07) is 0. The van der Waals surface area contributed by atoms with E-state index in [0.717, 1.165) is 44.9 Å². The van der Waals surface area contributed by atoms with E-state index >= 15 is 0 Å². The van der Waals surface area contributed by atoms with Crippen molar-refractivity contribution in [3.8, 4) is 0 Å². The zero-order chi connectivity index (χ0) is 18.6. The molecule has 0 radical (unpaired) electrons. The maximum atomic E-state index is 11.3. The van der Waals surface area contributed by atoms with Crippen LogP contribution in [0.25, 0.3) is 0 Å². The lowest BCUT2D eigenvalue weighted by atomic mass is 10.1. The molecule has 1 atom stereocenters. The number of hydrogen-bond donors (Lipinski definition) is 2. The van der Waals surface area contributed by atoms with Gasteiger partial charge in [0.15, 0.2) is 0 Å². The van der Waals surface area contributed by atoms with Crippen LogP contribution in [0.5, 0.6) is 0 Å². The minimum Gasteiger partial charge on any atom is -0.466 e. The Morgan fingerprint density at radius 3 is 2.44 bits per heavy atom. The molecule has 0 saturated carbocycles. The highest BCUT2D eigenvalue weighted by Crippen LogP contribution is 2.10. The third-order valence-corrected chi connectivity index (χ3v) is 4.28. The molecular weight excluding hydrogens is 316 g/mol. The van der Waals surface area contributed by atoms with Crippen LogP contribution < -0.4 is 0 Å². The smallest absolute Gasteiger partial charge is 0.305 e. The molecule has 2 N–H and O–H groups in total. The van der Waals surface area contributed by atoms with Gasteiger partial charge in [-0.1, -0.05) is 64.0 Å². The molecule has 0 aromatic rings. The molecule has 0 rings (SSSR count). The first-order chi connectivity index (χ1) is 12.2. The van der Waals surface area contributed by atoms with Gasteiger partial charge in [-0.05, 0) is 32.1 Å². The minimum absolute atomic E-state index is 0.0691. The molecular formula is C21H40O4. The number of aliphatic hydroxyl groups excluding tert-OH is 2. The van der Waals surface area contributed by atoms with Gasteiger partial charge in [-0.15, -0.1) is 0 Å². The fourth-order valence-electron chi connectivity index (χ4n) is 2.68. The molecule has 0 aromatic carbocycles. The van der Waals surface area contributed by atoms with Crippen molar-refractivity contribution in [1.29, 1.82) is 0 Å². The number of carbonyl (C=O) groups excluding carboxylic acids is 1. The summed E-state index contributed by atoms with van der Waals surface area (Å²) in [4.78, 5) is 11.3. The lowest BCUT2D eigenvalue weighted by Crippen LogP contribution is -2.06. The van der Waals surface area contributed by atoms with Crippen LogP contribution in [0.1, 0.15) is 96.8 Å². The van der Waals surface area contributed by atoms with Crippen molar-refractivity contribution in [2.24, 2.45) is 0 Å². The van der Waals surface area contributed by atoms with Gasteiger partial charge in [0.05, 0.1) is 12.7 Å². The summed E-state index contributed by atoms with van der Waals surface area (Å²) in [5, 5.41) is 18.5. The van der Waals surface area contributed by atoms with E-state index in [9.17, 15) is 9.90 Å². The Morgan fingerprint density at radius 2 is 1.68 bits per heavy atom. The lowest BCUT2D eigenvalue weighted by molar-refractivity contribution is -0.144. The van der Waals surface area contributed by atoms with Crippen LogP contribution >= 0.6 is 0 Å². The maximum absolute atomic E-state index is 11.3. The zero-order valence-corrected chi connectivity index (χ0v) is 16.3. The second-order valence-corrected chi connectivity index (χ2v) is 6.81. The number of allylic oxidation sites excluding steroid dienone is 1. The molecule has 0 aliphatic rings. The normalized spacial score (nSPS) is 12.6. The van der Waals surface area contributed by atoms with Crippen LogP contribution in [0, 0.1) is 0 Å². The molecule has 0 aliphatic heterocycles. The summed E-state index contributed by atoms with van der Waals surface area (Å²) in [7, 11) is 0. The molecule has 4 nitrogen and oxygen atoms in total. The fraction of sp³-hybridized carbons (Fsp3) is 0.857. The summed E-state index contributed by atoms with van der Waals surface area (Å²) < 4.78 is 4.98. The van der Waals surface area contributed by atoms with E-state index in [1.54, 1.807) is 0 Å². The van der Waals surface area contributed by atoms with Gasteiger partial charge in [0, 0.05) is 19.4 Å². The lowest BCUT2D eigenvalue weighted by Gasteiger charge is -2.07. The Labute approximate surface area is 154 Å². The molecule has 0 heterocycles. The highest BCUT2D eigenvalue weighted by atomic mass is 16.5. The molecule has 0 amide bonds. The Morgan fingerprint density at radius 1 is 0.960 bits per heavy atom. The van der Waals surface area contributed by atoms with Crippen LogP contribution in [0.4, 0.5) is 0 Å². The highest BCUT2D eigenvalue weighted by Gasteiger charge is 2.02. The summed E-state index contributed by atoms with van der Waals surface area (Å²) in [6.45, 7) is 2.60. The number of carbonyl (C=O) groups is 1. The topological polar surface area (TPSA) is 66.8 Å². The molecule has 4 heteroatoms. The van der Waals surface area contributed by atoms with E-state index in [-0.39, 0.29) is 18.7 Å². The first-order valence-electron chi connectivity index (χ1n) is 10.3. The number of ether oxygens (including phenoxy) is 1. The number of aliphatic hydroxyl groups is 2. The Balaban J connectivity index is 3.30. The van der Waals surface area contributed by atoms with Crippen LogP contribution in [0.15, 0.2) is 12.2 Å². The van der Waals surface area contributed by atoms with E-state index in [1.807, 2.05) is 0 Å². The van der Waals surface area contributed by atoms with Gasteiger partial charge in [0.1, 0.15) is 0 Å². The molecule has 148 valence electrons. The summed E-state index contributed by atoms with van der Waals surface area (Å²) in [5.74, 6) is -0.148. The van der Waals surface area contributed by atoms with Crippen molar-refractivity contribution in [2.45, 2.75) is 103 Å². The third kappa shape index (κ3) is 19.3. The second-order valence-electron chi connectivity index (χ2n) is 6.81. The zero-order valence-electron chi connectivity index (χ0n) is 16.3. The van der Waals surface area contributed by atoms with E-state index in [2.05, 4.69) is 19.1 Å². The van der Waals surface area contributed by atoms with E-state index in [4.69, 9.17) is 9.84 Å². The number of rotatable bonds is 18. The summed E-state index contributed by atoms with van der Waals surface area (Å²) >= 11 is 0. The summed E-state index contributed by atoms with van der Waals surface area (Å²) in [6.07, 6.45) is 18.3. The average Bonchev–Trinajstić information content (AvgIpc) is 2.60. The second kappa shape index (κ2) is 19.5. The first kappa shape index (κ1) is 24.1. The van der Waals surface area contributed by atoms with Crippen molar-refractivity contribution >= 4 is 5.97 Å². The van der Waals surface area contributed by atoms with Gasteiger partial charge in [0.2, 0.25) is 0 Å². The molecule has 0 fully saturated rings. The van der Waals surface area contributed by atoms with Crippen LogP contribution in [0.3, 0.4) is 0 Å². The fourth-order valence-corrected chi connectivity index (χ4v) is 2.68. The van der Waals surface area contributed by atoms with Gasteiger partial charge in [-0.3, -0.25) is 4.79 Å². The number of hydrogen-bond acceptors (Lipinski definition) is 4. The van der Waals surface area contributed by atoms with Crippen LogP contribution in [-0.4, -0.2) is 35.5 Å². The average molecular weight is 357 g/mol. The Hall–Kier alpha value is -0.870. The summed E-state index contributed by atoms with van der Waals surface area (Å²) in [5.41, 5.74) is 0. The highest BCUT2D eigenvalue weighted by molar-refractivity contribution is 5.69. The SMILES string of the molecule is CCCCCC[C@@H](O)C/C=C\CCCCCCCC(=O)OCCCO. The van der Waals surface area contributed by atoms with Gasteiger partial charge in [0.25, 0.3) is 0 Å². The van der Waals surface area contributed by atoms with Gasteiger partial charge in [-0.2, -0.15) is 0 Å². The van der Waals surface area contributed by atoms with Crippen molar-refractivity contribution in [3.63, 3.8) is 0 Å². The van der Waals surface area contributed by atoms with Crippen molar-refractivity contribution in [3.05, 3.63) is 12.2 Å². The number of unbranched alkanes of at least 4 members (excludes halogenated alkanes) is 8. The molecule has 0 aromatic heterocycles. The molecule has 0 unspecified atom stereocenters. The van der Waals surface area contributed by atoms with Gasteiger partial charge in [-0.25, -0.2) is 0 Å². The molecule has 0 bridgehead atoms. The Kier molecular flexibility index (Phi) is 18.8. The predicted molar refractivity (Wildman–Crippen MR) is 104 cm³/mol. The van der Waals surface area contributed by atoms with E-state index in [0.29, 0.717) is 19.4 Å². The van der Waals surface area contributed by atoms with Crippen molar-refractivity contribution < 1.29 is 19.7 Å². The predicted octanol–water partition coefficient (Wildman–Crippen LogP) is 4.92. The molecule has 0 aliphatic carbocycles. The Bertz CT molecular complexity index is 315. The quantitative estimate of drug-likeness (QED) is 0.208. The van der Waals surface area contributed by atoms with E-state index < -0.39 is 0 Å². The van der Waals surface area contributed by atoms with Crippen molar-refractivity contribution in [1.82, 2.24) is 0 Å². The largest absolute Gasteiger partial charge is 0.466 e. The third-order valence-electron chi connectivity index (χ3n) is 4.28. The van der Waals surface area contributed by atoms with Gasteiger partial charge < -0.3 is 14.9 Å². The maximum Gasteiger partial charge on any atom is 0.305 e. The van der Waals surface area contributed by atoms with Crippen LogP contribution in [-0.2, 0) is 9.53 Å². The molecule has 25 heavy (non-hydrogen) atoms. The monoisotopic (exact) mass is 356 g/mol. The standard InChI is InChI=1S/C21H40O4/c1-2-3-4-11-15-20(23)16-12-9-7-5-6-8-10-13-17-21(24)25-19-14-18-22/h9,12,20,22-23H,2-8,10-11,13-19H2,1H3/b12-9-/t20-/m1/s1. The molecule has 0 spiro atoms. The van der Waals surface area contributed by atoms with Gasteiger partial charge >= 0.3 is 5.97 Å². The van der Waals surface area contributed by atoms with E-state index in [1.165, 1.54) is 32.1 Å². The minimum atomic E-state index is -0.176. The van der Waals surface area contributed by atoms with Crippen molar-refractivity contribution in [2.75, 3.05) is 13.2 Å². The number of esters is 1. The first-order valence-corrected chi connectivity index (χ1v) is 10.3. The van der Waals surface area contributed by atoms with Crippen LogP contribution in [0.2, 0.25) is 0 Å².